The Kier molecular flexibility index (Phi) is 8.02. The lowest BCUT2D eigenvalue weighted by molar-refractivity contribution is -0.112. The first kappa shape index (κ1) is 23.5. The minimum absolute atomic E-state index is 0.115. The molecule has 0 unspecified atom stereocenters. The highest BCUT2D eigenvalue weighted by atomic mass is 35.5. The van der Waals surface area contributed by atoms with Crippen molar-refractivity contribution in [3.63, 3.8) is 0 Å². The lowest BCUT2D eigenvalue weighted by Gasteiger charge is -2.12. The van der Waals surface area contributed by atoms with Crippen LogP contribution in [0.3, 0.4) is 0 Å². The number of carbonyl (C=O) groups excluding carboxylic acids is 1. The van der Waals surface area contributed by atoms with Crippen molar-refractivity contribution in [1.29, 1.82) is 5.26 Å². The highest BCUT2D eigenvalue weighted by molar-refractivity contribution is 6.44. The van der Waals surface area contributed by atoms with Gasteiger partial charge in [-0.2, -0.15) is 5.26 Å². The number of hydrogen-bond acceptors (Lipinski definition) is 4. The van der Waals surface area contributed by atoms with Gasteiger partial charge in [-0.05, 0) is 53.6 Å². The fourth-order valence-electron chi connectivity index (χ4n) is 2.79. The molecule has 0 radical (unpaired) electrons. The first-order valence-electron chi connectivity index (χ1n) is 9.33. The summed E-state index contributed by atoms with van der Waals surface area (Å²) in [7, 11) is 1.51. The number of amides is 1. The second kappa shape index (κ2) is 10.9. The van der Waals surface area contributed by atoms with E-state index in [1.165, 1.54) is 13.2 Å². The summed E-state index contributed by atoms with van der Waals surface area (Å²) in [6, 6.07) is 19.2. The van der Waals surface area contributed by atoms with E-state index >= 15 is 0 Å². The second-order valence-electron chi connectivity index (χ2n) is 6.55. The van der Waals surface area contributed by atoms with E-state index in [-0.39, 0.29) is 10.6 Å². The van der Waals surface area contributed by atoms with Crippen molar-refractivity contribution in [3.8, 4) is 17.6 Å². The molecule has 0 heterocycles. The summed E-state index contributed by atoms with van der Waals surface area (Å²) in [5, 5.41) is 13.2. The molecule has 0 atom stereocenters. The monoisotopic (exact) mass is 486 g/mol. The maximum atomic E-state index is 12.5. The fraction of sp³-hybridized carbons (Fsp3) is 0.0833. The number of halogens is 3. The molecule has 3 rings (SSSR count). The van der Waals surface area contributed by atoms with E-state index in [4.69, 9.17) is 44.3 Å². The van der Waals surface area contributed by atoms with Crippen LogP contribution in [0.2, 0.25) is 15.1 Å². The third kappa shape index (κ3) is 5.95. The van der Waals surface area contributed by atoms with Gasteiger partial charge >= 0.3 is 0 Å². The van der Waals surface area contributed by atoms with Crippen molar-refractivity contribution >= 4 is 52.5 Å². The summed E-state index contributed by atoms with van der Waals surface area (Å²) in [5.74, 6) is 0.353. The van der Waals surface area contributed by atoms with Gasteiger partial charge in [0, 0.05) is 5.02 Å². The quantitative estimate of drug-likeness (QED) is 0.294. The van der Waals surface area contributed by atoms with E-state index < -0.39 is 5.91 Å². The minimum atomic E-state index is -0.614. The fourth-order valence-corrected chi connectivity index (χ4v) is 3.35. The second-order valence-corrected chi connectivity index (χ2v) is 7.78. The Morgan fingerprint density at radius 1 is 1.06 bits per heavy atom. The highest BCUT2D eigenvalue weighted by Crippen LogP contribution is 2.31. The van der Waals surface area contributed by atoms with Crippen LogP contribution in [0.25, 0.3) is 6.08 Å². The average molecular weight is 488 g/mol. The van der Waals surface area contributed by atoms with Crippen molar-refractivity contribution in [1.82, 2.24) is 0 Å². The third-order valence-corrected chi connectivity index (χ3v) is 5.40. The lowest BCUT2D eigenvalue weighted by atomic mass is 10.1. The van der Waals surface area contributed by atoms with Crippen LogP contribution < -0.4 is 14.8 Å². The van der Waals surface area contributed by atoms with Crippen LogP contribution >= 0.6 is 34.8 Å². The smallest absolute Gasteiger partial charge is 0.266 e. The summed E-state index contributed by atoms with van der Waals surface area (Å²) in [5.41, 5.74) is 1.69. The van der Waals surface area contributed by atoms with Gasteiger partial charge in [0.1, 0.15) is 18.2 Å². The number of rotatable bonds is 7. The Hall–Kier alpha value is -3.17. The van der Waals surface area contributed by atoms with Crippen molar-refractivity contribution < 1.29 is 14.3 Å². The largest absolute Gasteiger partial charge is 0.493 e. The first-order valence-corrected chi connectivity index (χ1v) is 10.5. The van der Waals surface area contributed by atoms with Crippen LogP contribution in [-0.2, 0) is 11.4 Å². The molecule has 0 aliphatic rings. The maximum absolute atomic E-state index is 12.5. The molecule has 1 amide bonds. The minimum Gasteiger partial charge on any atom is -0.493 e. The molecular formula is C24H17Cl3N2O3. The van der Waals surface area contributed by atoms with Gasteiger partial charge in [-0.15, -0.1) is 0 Å². The summed E-state index contributed by atoms with van der Waals surface area (Å²) in [4.78, 5) is 12.5. The first-order chi connectivity index (χ1) is 15.4. The van der Waals surface area contributed by atoms with Crippen LogP contribution in [0.15, 0.2) is 66.2 Å². The summed E-state index contributed by atoms with van der Waals surface area (Å²) < 4.78 is 11.2. The molecule has 5 nitrogen and oxygen atoms in total. The zero-order chi connectivity index (χ0) is 23.1. The Labute approximate surface area is 200 Å². The molecule has 0 saturated heterocycles. The topological polar surface area (TPSA) is 71.3 Å². The molecule has 0 saturated carbocycles. The number of ether oxygens (including phenoxy) is 2. The third-order valence-electron chi connectivity index (χ3n) is 4.35. The molecule has 0 spiro atoms. The number of hydrogen-bond donors (Lipinski definition) is 1. The normalized spacial score (nSPS) is 10.9. The molecule has 0 aromatic heterocycles. The Balaban J connectivity index is 1.77. The van der Waals surface area contributed by atoms with Gasteiger partial charge in [0.25, 0.3) is 5.91 Å². The summed E-state index contributed by atoms with van der Waals surface area (Å²) >= 11 is 18.1. The van der Waals surface area contributed by atoms with Crippen molar-refractivity contribution in [3.05, 3.63) is 92.4 Å². The van der Waals surface area contributed by atoms with Crippen molar-refractivity contribution in [2.45, 2.75) is 6.61 Å². The number of nitrogens with one attached hydrogen (secondary N) is 1. The van der Waals surface area contributed by atoms with Gasteiger partial charge in [0.05, 0.1) is 22.8 Å². The van der Waals surface area contributed by atoms with Gasteiger partial charge in [-0.25, -0.2) is 0 Å². The molecule has 3 aromatic carbocycles. The van der Waals surface area contributed by atoms with E-state index in [1.807, 2.05) is 24.3 Å². The molecular weight excluding hydrogens is 471 g/mol. The van der Waals surface area contributed by atoms with Crippen molar-refractivity contribution in [2.75, 3.05) is 12.4 Å². The number of nitriles is 1. The molecule has 0 fully saturated rings. The molecule has 0 aliphatic heterocycles. The Bertz CT molecular complexity index is 1220. The zero-order valence-electron chi connectivity index (χ0n) is 16.9. The molecule has 0 aliphatic carbocycles. The van der Waals surface area contributed by atoms with E-state index in [1.54, 1.807) is 42.5 Å². The van der Waals surface area contributed by atoms with E-state index in [0.717, 1.165) is 5.56 Å². The SMILES string of the molecule is COc1cc(/C=C(\C#N)C(=O)Nc2cccc(Cl)c2Cl)ccc1OCc1cccc(Cl)c1. The number of nitrogens with zero attached hydrogens (tertiary/aromatic N) is 1. The number of anilines is 1. The van der Waals surface area contributed by atoms with Crippen LogP contribution in [0.1, 0.15) is 11.1 Å². The highest BCUT2D eigenvalue weighted by Gasteiger charge is 2.14. The zero-order valence-corrected chi connectivity index (χ0v) is 19.1. The molecule has 1 N–H and O–H groups in total. The van der Waals surface area contributed by atoms with Gasteiger partial charge in [-0.3, -0.25) is 4.79 Å². The Morgan fingerprint density at radius 2 is 1.84 bits per heavy atom. The molecule has 3 aromatic rings. The molecule has 0 bridgehead atoms. The van der Waals surface area contributed by atoms with E-state index in [2.05, 4.69) is 5.32 Å². The van der Waals surface area contributed by atoms with Gasteiger partial charge in [0.2, 0.25) is 0 Å². The Morgan fingerprint density at radius 3 is 2.56 bits per heavy atom. The molecule has 32 heavy (non-hydrogen) atoms. The van der Waals surface area contributed by atoms with E-state index in [9.17, 15) is 10.1 Å². The van der Waals surface area contributed by atoms with Crippen LogP contribution in [0, 0.1) is 11.3 Å². The number of benzene rings is 3. The van der Waals surface area contributed by atoms with E-state index in [0.29, 0.717) is 39.4 Å². The summed E-state index contributed by atoms with van der Waals surface area (Å²) in [6.45, 7) is 0.304. The average Bonchev–Trinajstić information content (AvgIpc) is 2.79. The van der Waals surface area contributed by atoms with Crippen LogP contribution in [0.4, 0.5) is 5.69 Å². The predicted octanol–water partition coefficient (Wildman–Crippen LogP) is 6.78. The van der Waals surface area contributed by atoms with Crippen LogP contribution in [0.5, 0.6) is 11.5 Å². The van der Waals surface area contributed by atoms with Gasteiger partial charge in [-0.1, -0.05) is 59.1 Å². The van der Waals surface area contributed by atoms with Crippen LogP contribution in [-0.4, -0.2) is 13.0 Å². The standard InChI is InChI=1S/C24H17Cl3N2O3/c1-31-22-12-15(8-9-21(22)32-14-16-4-2-5-18(25)11-16)10-17(13-28)24(30)29-20-7-3-6-19(26)23(20)27/h2-12H,14H2,1H3,(H,29,30)/b17-10+. The number of methoxy groups -OCH3 is 1. The lowest BCUT2D eigenvalue weighted by Crippen LogP contribution is -2.13. The predicted molar refractivity (Wildman–Crippen MR) is 127 cm³/mol. The van der Waals surface area contributed by atoms with Gasteiger partial charge < -0.3 is 14.8 Å². The molecule has 162 valence electrons. The summed E-state index contributed by atoms with van der Waals surface area (Å²) in [6.07, 6.45) is 1.44. The number of carbonyl (C=O) groups is 1. The molecule has 8 heteroatoms. The van der Waals surface area contributed by atoms with Gasteiger partial charge in [0.15, 0.2) is 11.5 Å². The maximum Gasteiger partial charge on any atom is 0.266 e. The van der Waals surface area contributed by atoms with Crippen molar-refractivity contribution in [2.24, 2.45) is 0 Å².